The summed E-state index contributed by atoms with van der Waals surface area (Å²) in [4.78, 5) is 10.5. The predicted molar refractivity (Wildman–Crippen MR) is 63.8 cm³/mol. The number of ether oxygens (including phenoxy) is 1. The molecule has 0 bridgehead atoms. The first kappa shape index (κ1) is 11.0. The molecule has 1 heterocycles. The number of carbonyl (C=O) groups is 1. The largest absolute Gasteiger partial charge is 0.496 e. The van der Waals surface area contributed by atoms with Gasteiger partial charge in [0.25, 0.3) is 0 Å². The van der Waals surface area contributed by atoms with E-state index >= 15 is 0 Å². The third-order valence-electron chi connectivity index (χ3n) is 2.18. The van der Waals surface area contributed by atoms with Crippen molar-refractivity contribution < 1.29 is 13.9 Å². The summed E-state index contributed by atoms with van der Waals surface area (Å²) >= 11 is 3.37. The van der Waals surface area contributed by atoms with Crippen molar-refractivity contribution in [2.45, 2.75) is 0 Å². The van der Waals surface area contributed by atoms with Crippen LogP contribution in [0.1, 0.15) is 10.6 Å². The van der Waals surface area contributed by atoms with Gasteiger partial charge in [-0.1, -0.05) is 0 Å². The van der Waals surface area contributed by atoms with E-state index in [4.69, 9.17) is 9.15 Å². The number of hydrogen-bond donors (Lipinski definition) is 0. The smallest absolute Gasteiger partial charge is 0.185 e. The van der Waals surface area contributed by atoms with Gasteiger partial charge in [-0.2, -0.15) is 0 Å². The minimum absolute atomic E-state index is 0.317. The number of hydrogen-bond acceptors (Lipinski definition) is 3. The van der Waals surface area contributed by atoms with Gasteiger partial charge in [0, 0.05) is 5.56 Å². The van der Waals surface area contributed by atoms with E-state index in [0.29, 0.717) is 17.8 Å². The van der Waals surface area contributed by atoms with E-state index in [1.807, 2.05) is 18.2 Å². The molecule has 0 aliphatic carbocycles. The molecule has 0 atom stereocenters. The first-order valence-electron chi connectivity index (χ1n) is 4.63. The Balaban J connectivity index is 2.43. The lowest BCUT2D eigenvalue weighted by atomic mass is 10.1. The lowest BCUT2D eigenvalue weighted by Gasteiger charge is -2.04. The van der Waals surface area contributed by atoms with Crippen LogP contribution in [0.25, 0.3) is 11.3 Å². The van der Waals surface area contributed by atoms with E-state index in [1.165, 1.54) is 0 Å². The Morgan fingerprint density at radius 1 is 1.31 bits per heavy atom. The molecule has 0 aliphatic rings. The van der Waals surface area contributed by atoms with E-state index < -0.39 is 0 Å². The quantitative estimate of drug-likeness (QED) is 0.808. The molecule has 0 fully saturated rings. The van der Waals surface area contributed by atoms with Crippen LogP contribution in [0, 0.1) is 0 Å². The van der Waals surface area contributed by atoms with Crippen LogP contribution in [0.15, 0.2) is 39.2 Å². The third-order valence-corrected chi connectivity index (χ3v) is 2.83. The summed E-state index contributed by atoms with van der Waals surface area (Å²) in [6.07, 6.45) is 0.680. The number of rotatable bonds is 3. The van der Waals surface area contributed by atoms with Crippen molar-refractivity contribution in [1.82, 2.24) is 0 Å². The molecule has 2 rings (SSSR count). The Bertz CT molecular complexity index is 517. The van der Waals surface area contributed by atoms with Gasteiger partial charge in [-0.3, -0.25) is 4.79 Å². The maximum Gasteiger partial charge on any atom is 0.185 e. The highest BCUT2D eigenvalue weighted by Gasteiger charge is 2.07. The third kappa shape index (κ3) is 2.02. The van der Waals surface area contributed by atoms with Gasteiger partial charge in [0.05, 0.1) is 11.6 Å². The van der Waals surface area contributed by atoms with Crippen LogP contribution in [0.5, 0.6) is 5.75 Å². The topological polar surface area (TPSA) is 39.4 Å². The van der Waals surface area contributed by atoms with Crippen LogP contribution in [0.2, 0.25) is 0 Å². The van der Waals surface area contributed by atoms with Gasteiger partial charge < -0.3 is 9.15 Å². The zero-order chi connectivity index (χ0) is 11.5. The lowest BCUT2D eigenvalue weighted by molar-refractivity contribution is 0.110. The Kier molecular flexibility index (Phi) is 3.10. The van der Waals surface area contributed by atoms with Gasteiger partial charge in [-0.15, -0.1) is 0 Å². The first-order valence-corrected chi connectivity index (χ1v) is 5.43. The molecule has 82 valence electrons. The zero-order valence-corrected chi connectivity index (χ0v) is 10.2. The summed E-state index contributed by atoms with van der Waals surface area (Å²) in [6.45, 7) is 0. The second-order valence-electron chi connectivity index (χ2n) is 3.17. The van der Waals surface area contributed by atoms with Crippen LogP contribution in [-0.2, 0) is 0 Å². The minimum atomic E-state index is 0.317. The Morgan fingerprint density at radius 3 is 2.75 bits per heavy atom. The van der Waals surface area contributed by atoms with E-state index in [9.17, 15) is 4.79 Å². The normalized spacial score (nSPS) is 10.1. The summed E-state index contributed by atoms with van der Waals surface area (Å²) in [6, 6.07) is 9.00. The summed E-state index contributed by atoms with van der Waals surface area (Å²) in [5, 5.41) is 0. The molecule has 3 nitrogen and oxygen atoms in total. The van der Waals surface area contributed by atoms with Crippen molar-refractivity contribution in [1.29, 1.82) is 0 Å². The van der Waals surface area contributed by atoms with Crippen molar-refractivity contribution in [3.8, 4) is 17.1 Å². The predicted octanol–water partition coefficient (Wildman–Crippen LogP) is 3.53. The van der Waals surface area contributed by atoms with Gasteiger partial charge in [0.1, 0.15) is 11.5 Å². The average Bonchev–Trinajstić information content (AvgIpc) is 2.78. The van der Waals surface area contributed by atoms with Gasteiger partial charge in [-0.25, -0.2) is 0 Å². The van der Waals surface area contributed by atoms with E-state index in [1.54, 1.807) is 19.2 Å². The molecule has 0 N–H and O–H groups in total. The molecule has 0 radical (unpaired) electrons. The molecule has 0 spiro atoms. The second kappa shape index (κ2) is 4.53. The van der Waals surface area contributed by atoms with Gasteiger partial charge >= 0.3 is 0 Å². The van der Waals surface area contributed by atoms with Crippen LogP contribution < -0.4 is 4.74 Å². The Hall–Kier alpha value is -1.55. The lowest BCUT2D eigenvalue weighted by Crippen LogP contribution is -1.85. The van der Waals surface area contributed by atoms with E-state index in [-0.39, 0.29) is 0 Å². The molecular weight excluding hydrogens is 272 g/mol. The van der Waals surface area contributed by atoms with Crippen molar-refractivity contribution in [3.05, 3.63) is 40.6 Å². The van der Waals surface area contributed by atoms with Crippen LogP contribution in [-0.4, -0.2) is 13.4 Å². The van der Waals surface area contributed by atoms with Crippen molar-refractivity contribution in [2.75, 3.05) is 7.11 Å². The van der Waals surface area contributed by atoms with E-state index in [0.717, 1.165) is 15.8 Å². The molecule has 2 aromatic rings. The van der Waals surface area contributed by atoms with Gasteiger partial charge in [0.15, 0.2) is 12.0 Å². The van der Waals surface area contributed by atoms with Crippen LogP contribution in [0.3, 0.4) is 0 Å². The molecular formula is C12H9BrO3. The molecule has 0 unspecified atom stereocenters. The maximum atomic E-state index is 10.5. The molecule has 0 aliphatic heterocycles. The zero-order valence-electron chi connectivity index (χ0n) is 8.57. The maximum absolute atomic E-state index is 10.5. The SMILES string of the molecule is COc1cc(-c2ccc(C=O)o2)ccc1Br. The number of carbonyl (C=O) groups excluding carboxylic acids is 1. The summed E-state index contributed by atoms with van der Waals surface area (Å²) in [7, 11) is 1.60. The summed E-state index contributed by atoms with van der Waals surface area (Å²) in [5.74, 6) is 1.69. The molecule has 0 amide bonds. The number of aldehydes is 1. The Labute approximate surface area is 101 Å². The first-order chi connectivity index (χ1) is 7.74. The monoisotopic (exact) mass is 280 g/mol. The van der Waals surface area contributed by atoms with E-state index in [2.05, 4.69) is 15.9 Å². The number of benzene rings is 1. The average molecular weight is 281 g/mol. The molecule has 0 saturated heterocycles. The highest BCUT2D eigenvalue weighted by Crippen LogP contribution is 2.31. The Morgan fingerprint density at radius 2 is 2.12 bits per heavy atom. The van der Waals surface area contributed by atoms with Crippen molar-refractivity contribution in [2.24, 2.45) is 0 Å². The molecule has 1 aromatic carbocycles. The van der Waals surface area contributed by atoms with Crippen LogP contribution in [0.4, 0.5) is 0 Å². The van der Waals surface area contributed by atoms with Crippen molar-refractivity contribution >= 4 is 22.2 Å². The number of methoxy groups -OCH3 is 1. The minimum Gasteiger partial charge on any atom is -0.496 e. The van der Waals surface area contributed by atoms with Gasteiger partial charge in [-0.05, 0) is 46.3 Å². The fraction of sp³-hybridized carbons (Fsp3) is 0.0833. The highest BCUT2D eigenvalue weighted by atomic mass is 79.9. The van der Waals surface area contributed by atoms with Gasteiger partial charge in [0.2, 0.25) is 0 Å². The molecule has 0 saturated carbocycles. The number of halogens is 1. The molecule has 16 heavy (non-hydrogen) atoms. The van der Waals surface area contributed by atoms with Crippen LogP contribution >= 0.6 is 15.9 Å². The molecule has 4 heteroatoms. The standard InChI is InChI=1S/C12H9BrO3/c1-15-12-6-8(2-4-10(12)13)11-5-3-9(7-14)16-11/h2-7H,1H3. The molecule has 1 aromatic heterocycles. The summed E-state index contributed by atoms with van der Waals surface area (Å²) in [5.41, 5.74) is 0.869. The fourth-order valence-electron chi connectivity index (χ4n) is 1.38. The fourth-order valence-corrected chi connectivity index (χ4v) is 1.79. The second-order valence-corrected chi connectivity index (χ2v) is 4.02. The summed E-state index contributed by atoms with van der Waals surface area (Å²) < 4.78 is 11.4. The number of furan rings is 1. The van der Waals surface area contributed by atoms with Crippen molar-refractivity contribution in [3.63, 3.8) is 0 Å². The highest BCUT2D eigenvalue weighted by molar-refractivity contribution is 9.10.